The van der Waals surface area contributed by atoms with Gasteiger partial charge in [0.15, 0.2) is 5.96 Å². The number of rotatable bonds is 13. The molecule has 0 bridgehead atoms. The molecule has 0 saturated carbocycles. The van der Waals surface area contributed by atoms with Crippen LogP contribution < -0.4 is 15.4 Å². The molecular formula is C16H34N4O5S. The molecule has 1 heterocycles. The van der Waals surface area contributed by atoms with Crippen LogP contribution in [0.1, 0.15) is 25.7 Å². The van der Waals surface area contributed by atoms with Gasteiger partial charge in [-0.15, -0.1) is 0 Å². The van der Waals surface area contributed by atoms with E-state index < -0.39 is 10.0 Å². The second kappa shape index (κ2) is 14.2. The summed E-state index contributed by atoms with van der Waals surface area (Å²) >= 11 is 0. The highest BCUT2D eigenvalue weighted by molar-refractivity contribution is 7.89. The van der Waals surface area contributed by atoms with Gasteiger partial charge in [0, 0.05) is 47.0 Å². The summed E-state index contributed by atoms with van der Waals surface area (Å²) in [7, 11) is -0.0406. The van der Waals surface area contributed by atoms with Crippen LogP contribution in [0.2, 0.25) is 0 Å². The number of hydrogen-bond donors (Lipinski definition) is 3. The Morgan fingerprint density at radius 3 is 2.69 bits per heavy atom. The third-order valence-corrected chi connectivity index (χ3v) is 5.23. The maximum atomic E-state index is 12.0. The molecule has 0 radical (unpaired) electrons. The maximum absolute atomic E-state index is 12.0. The predicted molar refractivity (Wildman–Crippen MR) is 102 cm³/mol. The van der Waals surface area contributed by atoms with Crippen molar-refractivity contribution in [2.24, 2.45) is 4.99 Å². The van der Waals surface area contributed by atoms with Crippen molar-refractivity contribution < 1.29 is 22.6 Å². The SMILES string of the molecule is CN=C(NCCCOCCOC)NCCS(=O)(=O)NCC1CCCCO1. The van der Waals surface area contributed by atoms with Gasteiger partial charge in [-0.3, -0.25) is 4.99 Å². The number of methoxy groups -OCH3 is 1. The Balaban J connectivity index is 2.10. The molecule has 9 nitrogen and oxygen atoms in total. The van der Waals surface area contributed by atoms with Gasteiger partial charge >= 0.3 is 0 Å². The monoisotopic (exact) mass is 394 g/mol. The van der Waals surface area contributed by atoms with E-state index in [4.69, 9.17) is 14.2 Å². The van der Waals surface area contributed by atoms with Crippen molar-refractivity contribution >= 4 is 16.0 Å². The van der Waals surface area contributed by atoms with Gasteiger partial charge in [0.05, 0.1) is 25.1 Å². The molecule has 10 heteroatoms. The van der Waals surface area contributed by atoms with Crippen molar-refractivity contribution in [1.82, 2.24) is 15.4 Å². The van der Waals surface area contributed by atoms with E-state index in [9.17, 15) is 8.42 Å². The summed E-state index contributed by atoms with van der Waals surface area (Å²) in [5.74, 6) is 0.563. The minimum atomic E-state index is -3.33. The van der Waals surface area contributed by atoms with Gasteiger partial charge in [-0.05, 0) is 25.7 Å². The Labute approximate surface area is 157 Å². The molecule has 1 unspecified atom stereocenters. The van der Waals surface area contributed by atoms with E-state index in [-0.39, 0.29) is 18.4 Å². The van der Waals surface area contributed by atoms with Crippen molar-refractivity contribution in [3.8, 4) is 0 Å². The Morgan fingerprint density at radius 2 is 2.00 bits per heavy atom. The summed E-state index contributed by atoms with van der Waals surface area (Å²) in [5, 5.41) is 6.13. The molecule has 1 aliphatic rings. The zero-order valence-corrected chi connectivity index (χ0v) is 16.8. The van der Waals surface area contributed by atoms with E-state index >= 15 is 0 Å². The molecule has 3 N–H and O–H groups in total. The number of nitrogens with one attached hydrogen (secondary N) is 3. The first kappa shape index (κ1) is 23.1. The van der Waals surface area contributed by atoms with Crippen molar-refractivity contribution in [2.75, 3.05) is 66.0 Å². The molecule has 26 heavy (non-hydrogen) atoms. The number of hydrogen-bond acceptors (Lipinski definition) is 6. The molecular weight excluding hydrogens is 360 g/mol. The molecule has 1 rings (SSSR count). The lowest BCUT2D eigenvalue weighted by Gasteiger charge is -2.22. The lowest BCUT2D eigenvalue weighted by atomic mass is 10.1. The van der Waals surface area contributed by atoms with Crippen LogP contribution in [0.15, 0.2) is 4.99 Å². The van der Waals surface area contributed by atoms with E-state index in [0.29, 0.717) is 45.5 Å². The lowest BCUT2D eigenvalue weighted by Crippen LogP contribution is -2.42. The minimum absolute atomic E-state index is 0.00739. The number of guanidine groups is 1. The van der Waals surface area contributed by atoms with Crippen LogP contribution in [-0.4, -0.2) is 86.5 Å². The fraction of sp³-hybridized carbons (Fsp3) is 0.938. The second-order valence-corrected chi connectivity index (χ2v) is 7.97. The van der Waals surface area contributed by atoms with E-state index in [1.165, 1.54) is 0 Å². The van der Waals surface area contributed by atoms with Crippen molar-refractivity contribution in [2.45, 2.75) is 31.8 Å². The predicted octanol–water partition coefficient (Wildman–Crippen LogP) is -0.307. The number of sulfonamides is 1. The Hall–Kier alpha value is -0.940. The van der Waals surface area contributed by atoms with Crippen molar-refractivity contribution in [3.05, 3.63) is 0 Å². The molecule has 0 aromatic rings. The fourth-order valence-corrected chi connectivity index (χ4v) is 3.37. The van der Waals surface area contributed by atoms with Crippen molar-refractivity contribution in [1.29, 1.82) is 0 Å². The van der Waals surface area contributed by atoms with Gasteiger partial charge in [0.1, 0.15) is 0 Å². The number of aliphatic imine (C=N–C) groups is 1. The molecule has 154 valence electrons. The third-order valence-electron chi connectivity index (χ3n) is 3.88. The topological polar surface area (TPSA) is 110 Å². The van der Waals surface area contributed by atoms with E-state index in [2.05, 4.69) is 20.3 Å². The van der Waals surface area contributed by atoms with Gasteiger partial charge < -0.3 is 24.8 Å². The molecule has 0 aromatic carbocycles. The van der Waals surface area contributed by atoms with E-state index in [0.717, 1.165) is 25.7 Å². The average Bonchev–Trinajstić information content (AvgIpc) is 2.65. The van der Waals surface area contributed by atoms with Gasteiger partial charge in [-0.2, -0.15) is 0 Å². The molecule has 1 atom stereocenters. The van der Waals surface area contributed by atoms with Gasteiger partial charge in [0.25, 0.3) is 0 Å². The molecule has 0 spiro atoms. The summed E-state index contributed by atoms with van der Waals surface area (Å²) in [6, 6.07) is 0. The van der Waals surface area contributed by atoms with Crippen molar-refractivity contribution in [3.63, 3.8) is 0 Å². The minimum Gasteiger partial charge on any atom is -0.382 e. The second-order valence-electron chi connectivity index (χ2n) is 6.04. The quantitative estimate of drug-likeness (QED) is 0.223. The molecule has 0 amide bonds. The zero-order chi connectivity index (χ0) is 19.1. The fourth-order valence-electron chi connectivity index (χ4n) is 2.41. The van der Waals surface area contributed by atoms with Crippen LogP contribution in [0, 0.1) is 0 Å². The Morgan fingerprint density at radius 1 is 1.19 bits per heavy atom. The first-order chi connectivity index (χ1) is 12.6. The van der Waals surface area contributed by atoms with Gasteiger partial charge in [-0.25, -0.2) is 13.1 Å². The summed E-state index contributed by atoms with van der Waals surface area (Å²) in [5.41, 5.74) is 0. The highest BCUT2D eigenvalue weighted by Gasteiger charge is 2.17. The summed E-state index contributed by atoms with van der Waals surface area (Å²) < 4.78 is 42.5. The van der Waals surface area contributed by atoms with Crippen LogP contribution >= 0.6 is 0 Å². The smallest absolute Gasteiger partial charge is 0.213 e. The molecule has 0 aromatic heterocycles. The Bertz CT molecular complexity index is 481. The summed E-state index contributed by atoms with van der Waals surface area (Å²) in [6.45, 7) is 3.84. The third kappa shape index (κ3) is 11.6. The summed E-state index contributed by atoms with van der Waals surface area (Å²) in [6.07, 6.45) is 3.87. The van der Waals surface area contributed by atoms with E-state index in [1.807, 2.05) is 0 Å². The molecule has 1 fully saturated rings. The average molecular weight is 395 g/mol. The van der Waals surface area contributed by atoms with Gasteiger partial charge in [0.2, 0.25) is 10.0 Å². The molecule has 1 saturated heterocycles. The molecule has 0 aliphatic carbocycles. The largest absolute Gasteiger partial charge is 0.382 e. The zero-order valence-electron chi connectivity index (χ0n) is 16.0. The van der Waals surface area contributed by atoms with Gasteiger partial charge in [-0.1, -0.05) is 0 Å². The van der Waals surface area contributed by atoms with E-state index in [1.54, 1.807) is 14.2 Å². The van der Waals surface area contributed by atoms with Crippen LogP contribution in [-0.2, 0) is 24.2 Å². The maximum Gasteiger partial charge on any atom is 0.213 e. The first-order valence-electron chi connectivity index (χ1n) is 9.17. The normalized spacial score (nSPS) is 18.7. The van der Waals surface area contributed by atoms with Crippen LogP contribution in [0.4, 0.5) is 0 Å². The summed E-state index contributed by atoms with van der Waals surface area (Å²) in [4.78, 5) is 4.07. The lowest BCUT2D eigenvalue weighted by molar-refractivity contribution is 0.0200. The first-order valence-corrected chi connectivity index (χ1v) is 10.8. The highest BCUT2D eigenvalue weighted by atomic mass is 32.2. The number of ether oxygens (including phenoxy) is 3. The van der Waals surface area contributed by atoms with Crippen LogP contribution in [0.5, 0.6) is 0 Å². The standard InChI is InChI=1S/C16H34N4O5S/c1-17-16(18-7-5-9-24-12-11-23-2)19-8-13-26(21,22)20-14-15-6-3-4-10-25-15/h15,20H,3-14H2,1-2H3,(H2,17,18,19). The Kier molecular flexibility index (Phi) is 12.6. The number of nitrogens with zero attached hydrogens (tertiary/aromatic N) is 1. The van der Waals surface area contributed by atoms with Crippen LogP contribution in [0.25, 0.3) is 0 Å². The van der Waals surface area contributed by atoms with Crippen LogP contribution in [0.3, 0.4) is 0 Å². The highest BCUT2D eigenvalue weighted by Crippen LogP contribution is 2.11. The molecule has 1 aliphatic heterocycles.